The number of nitrogens with zero attached hydrogens (tertiary/aromatic N) is 1. The summed E-state index contributed by atoms with van der Waals surface area (Å²) in [5.74, 6) is -0.869. The minimum Gasteiger partial charge on any atom is -0.398 e. The highest BCUT2D eigenvalue weighted by Gasteiger charge is 2.15. The van der Waals surface area contributed by atoms with Crippen molar-refractivity contribution in [2.45, 2.75) is 0 Å². The van der Waals surface area contributed by atoms with Gasteiger partial charge in [0.15, 0.2) is 5.78 Å². The van der Waals surface area contributed by atoms with Crippen LogP contribution in [-0.2, 0) is 0 Å². The maximum absolute atomic E-state index is 12.9. The van der Waals surface area contributed by atoms with Crippen LogP contribution in [0.4, 0.5) is 10.1 Å². The summed E-state index contributed by atoms with van der Waals surface area (Å²) in [5, 5.41) is 0.0539. The van der Waals surface area contributed by atoms with Gasteiger partial charge in [-0.05, 0) is 24.3 Å². The van der Waals surface area contributed by atoms with Crippen LogP contribution in [0.3, 0.4) is 0 Å². The fraction of sp³-hybridized carbons (Fsp3) is 0. The van der Waals surface area contributed by atoms with Gasteiger partial charge in [-0.15, -0.1) is 0 Å². The number of carbonyl (C=O) groups excluding carboxylic acids is 1. The lowest BCUT2D eigenvalue weighted by Gasteiger charge is -2.05. The molecule has 0 amide bonds. The van der Waals surface area contributed by atoms with Crippen LogP contribution in [0.1, 0.15) is 15.9 Å². The second kappa shape index (κ2) is 4.51. The Bertz CT molecular complexity index is 586. The zero-order valence-corrected chi connectivity index (χ0v) is 9.41. The van der Waals surface area contributed by atoms with Gasteiger partial charge >= 0.3 is 0 Å². The molecular weight excluding hydrogens is 243 g/mol. The van der Waals surface area contributed by atoms with Crippen molar-refractivity contribution >= 4 is 23.1 Å². The number of halogens is 2. The summed E-state index contributed by atoms with van der Waals surface area (Å²) in [5.41, 5.74) is 6.42. The van der Waals surface area contributed by atoms with E-state index in [0.717, 1.165) is 6.07 Å². The number of pyridine rings is 1. The molecule has 0 atom stereocenters. The van der Waals surface area contributed by atoms with Gasteiger partial charge in [0.2, 0.25) is 0 Å². The molecule has 0 saturated heterocycles. The quantitative estimate of drug-likeness (QED) is 0.834. The van der Waals surface area contributed by atoms with Crippen LogP contribution in [-0.4, -0.2) is 10.8 Å². The monoisotopic (exact) mass is 250 g/mol. The van der Waals surface area contributed by atoms with Gasteiger partial charge in [0, 0.05) is 23.6 Å². The van der Waals surface area contributed by atoms with Crippen molar-refractivity contribution in [3.05, 3.63) is 58.6 Å². The number of hydrogen-bond donors (Lipinski definition) is 1. The standard InChI is InChI=1S/C12H8ClFN2O/c13-10-5-7(14)1-2-8(10)12(17)9-6-16-4-3-11(9)15/h1-6H,(H2,15,16). The van der Waals surface area contributed by atoms with Crippen molar-refractivity contribution in [1.29, 1.82) is 0 Å². The summed E-state index contributed by atoms with van der Waals surface area (Å²) in [4.78, 5) is 15.9. The van der Waals surface area contributed by atoms with Gasteiger partial charge in [-0.25, -0.2) is 4.39 Å². The number of anilines is 1. The van der Waals surface area contributed by atoms with E-state index in [1.54, 1.807) is 0 Å². The summed E-state index contributed by atoms with van der Waals surface area (Å²) in [6, 6.07) is 5.10. The van der Waals surface area contributed by atoms with Gasteiger partial charge in [0.25, 0.3) is 0 Å². The molecular formula is C12H8ClFN2O. The Kier molecular flexibility index (Phi) is 3.06. The number of benzene rings is 1. The van der Waals surface area contributed by atoms with Crippen molar-refractivity contribution in [3.63, 3.8) is 0 Å². The summed E-state index contributed by atoms with van der Waals surface area (Å²) in [6.07, 6.45) is 2.84. The Balaban J connectivity index is 2.48. The van der Waals surface area contributed by atoms with Gasteiger partial charge in [0.1, 0.15) is 5.82 Å². The maximum atomic E-state index is 12.9. The fourth-order valence-corrected chi connectivity index (χ4v) is 1.67. The second-order valence-electron chi connectivity index (χ2n) is 3.42. The zero-order valence-electron chi connectivity index (χ0n) is 8.65. The van der Waals surface area contributed by atoms with E-state index < -0.39 is 5.82 Å². The first-order valence-corrected chi connectivity index (χ1v) is 5.16. The third-order valence-corrected chi connectivity index (χ3v) is 2.59. The molecule has 86 valence electrons. The summed E-state index contributed by atoms with van der Waals surface area (Å²) >= 11 is 5.80. The number of rotatable bonds is 2. The number of nitrogen functional groups attached to an aromatic ring is 1. The van der Waals surface area contributed by atoms with Gasteiger partial charge in [-0.2, -0.15) is 0 Å². The molecule has 0 fully saturated rings. The zero-order chi connectivity index (χ0) is 12.4. The first-order valence-electron chi connectivity index (χ1n) is 4.79. The molecule has 0 aliphatic rings. The van der Waals surface area contributed by atoms with Crippen LogP contribution in [0.25, 0.3) is 0 Å². The molecule has 0 radical (unpaired) electrons. The predicted octanol–water partition coefficient (Wildman–Crippen LogP) is 2.69. The Morgan fingerprint density at radius 1 is 1.29 bits per heavy atom. The molecule has 0 bridgehead atoms. The second-order valence-corrected chi connectivity index (χ2v) is 3.82. The van der Waals surface area contributed by atoms with E-state index in [-0.39, 0.29) is 21.9 Å². The lowest BCUT2D eigenvalue weighted by atomic mass is 10.0. The van der Waals surface area contributed by atoms with Crippen LogP contribution < -0.4 is 5.73 Å². The number of ketones is 1. The van der Waals surface area contributed by atoms with Crippen LogP contribution >= 0.6 is 11.6 Å². The average Bonchev–Trinajstić information content (AvgIpc) is 2.29. The molecule has 0 aliphatic carbocycles. The molecule has 17 heavy (non-hydrogen) atoms. The largest absolute Gasteiger partial charge is 0.398 e. The van der Waals surface area contributed by atoms with Crippen molar-refractivity contribution in [1.82, 2.24) is 4.98 Å². The van der Waals surface area contributed by atoms with Gasteiger partial charge < -0.3 is 5.73 Å². The molecule has 2 N–H and O–H groups in total. The van der Waals surface area contributed by atoms with Crippen molar-refractivity contribution in [2.75, 3.05) is 5.73 Å². The minimum absolute atomic E-state index is 0.0539. The first-order chi connectivity index (χ1) is 8.09. The SMILES string of the molecule is Nc1ccncc1C(=O)c1ccc(F)cc1Cl. The van der Waals surface area contributed by atoms with Gasteiger partial charge in [-0.3, -0.25) is 9.78 Å². The molecule has 1 heterocycles. The van der Waals surface area contributed by atoms with Crippen LogP contribution in [0.15, 0.2) is 36.7 Å². The summed E-state index contributed by atoms with van der Waals surface area (Å²) < 4.78 is 12.9. The molecule has 1 aromatic carbocycles. The molecule has 2 aromatic rings. The molecule has 0 unspecified atom stereocenters. The molecule has 0 aliphatic heterocycles. The van der Waals surface area contributed by atoms with E-state index in [9.17, 15) is 9.18 Å². The lowest BCUT2D eigenvalue weighted by Crippen LogP contribution is -2.06. The summed E-state index contributed by atoms with van der Waals surface area (Å²) in [7, 11) is 0. The smallest absolute Gasteiger partial charge is 0.198 e. The summed E-state index contributed by atoms with van der Waals surface area (Å²) in [6.45, 7) is 0. The number of nitrogens with two attached hydrogens (primary N) is 1. The molecule has 0 saturated carbocycles. The minimum atomic E-state index is -0.495. The fourth-order valence-electron chi connectivity index (χ4n) is 1.41. The molecule has 2 rings (SSSR count). The lowest BCUT2D eigenvalue weighted by molar-refractivity contribution is 0.103. The third kappa shape index (κ3) is 2.26. The predicted molar refractivity (Wildman–Crippen MR) is 63.5 cm³/mol. The molecule has 5 heteroatoms. The van der Waals surface area contributed by atoms with Crippen molar-refractivity contribution in [2.24, 2.45) is 0 Å². The number of aromatic nitrogens is 1. The van der Waals surface area contributed by atoms with E-state index in [1.807, 2.05) is 0 Å². The highest BCUT2D eigenvalue weighted by molar-refractivity contribution is 6.35. The average molecular weight is 251 g/mol. The Labute approximate surface area is 102 Å². The van der Waals surface area contributed by atoms with E-state index in [0.29, 0.717) is 5.69 Å². The normalized spacial score (nSPS) is 10.2. The molecule has 3 nitrogen and oxygen atoms in total. The number of hydrogen-bond acceptors (Lipinski definition) is 3. The first kappa shape index (κ1) is 11.5. The maximum Gasteiger partial charge on any atom is 0.198 e. The topological polar surface area (TPSA) is 56.0 Å². The van der Waals surface area contributed by atoms with E-state index in [4.69, 9.17) is 17.3 Å². The van der Waals surface area contributed by atoms with Gasteiger partial charge in [-0.1, -0.05) is 11.6 Å². The van der Waals surface area contributed by atoms with E-state index >= 15 is 0 Å². The molecule has 0 spiro atoms. The molecule has 1 aromatic heterocycles. The van der Waals surface area contributed by atoms with E-state index in [2.05, 4.69) is 4.98 Å². The highest BCUT2D eigenvalue weighted by Crippen LogP contribution is 2.22. The van der Waals surface area contributed by atoms with Gasteiger partial charge in [0.05, 0.1) is 10.6 Å². The van der Waals surface area contributed by atoms with Crippen LogP contribution in [0, 0.1) is 5.82 Å². The Morgan fingerprint density at radius 3 is 2.71 bits per heavy atom. The Morgan fingerprint density at radius 2 is 2.06 bits per heavy atom. The van der Waals surface area contributed by atoms with Crippen LogP contribution in [0.2, 0.25) is 5.02 Å². The highest BCUT2D eigenvalue weighted by atomic mass is 35.5. The van der Waals surface area contributed by atoms with E-state index in [1.165, 1.54) is 30.6 Å². The van der Waals surface area contributed by atoms with Crippen molar-refractivity contribution < 1.29 is 9.18 Å². The van der Waals surface area contributed by atoms with Crippen LogP contribution in [0.5, 0.6) is 0 Å². The van der Waals surface area contributed by atoms with Crippen molar-refractivity contribution in [3.8, 4) is 0 Å². The third-order valence-electron chi connectivity index (χ3n) is 2.28. The Hall–Kier alpha value is -1.94. The number of carbonyl (C=O) groups is 1.